The van der Waals surface area contributed by atoms with Gasteiger partial charge in [-0.25, -0.2) is 9.78 Å². The second kappa shape index (κ2) is 9.11. The van der Waals surface area contributed by atoms with Gasteiger partial charge in [-0.15, -0.1) is 0 Å². The average Bonchev–Trinajstić information content (AvgIpc) is 2.79. The Balaban J connectivity index is 1.51. The highest BCUT2D eigenvalue weighted by molar-refractivity contribution is 6.01. The topological polar surface area (TPSA) is 127 Å². The lowest BCUT2D eigenvalue weighted by atomic mass is 9.94. The number of aromatic hydroxyl groups is 1. The van der Waals surface area contributed by atoms with E-state index in [1.54, 1.807) is 18.2 Å². The molecular weight excluding hydrogens is 416 g/mol. The molecule has 1 amide bonds. The number of nitrogens with one attached hydrogen (secondary N) is 1. The van der Waals surface area contributed by atoms with Crippen molar-refractivity contribution in [1.29, 1.82) is 0 Å². The molecule has 0 unspecified atom stereocenters. The van der Waals surface area contributed by atoms with Crippen molar-refractivity contribution in [3.8, 4) is 17.2 Å². The number of carboxylic acid groups (broad SMARTS) is 1. The minimum Gasteiger partial charge on any atom is -0.505 e. The number of nitrogens with zero attached hydrogens (tertiary/aromatic N) is 1. The van der Waals surface area contributed by atoms with Crippen LogP contribution in [0.5, 0.6) is 17.2 Å². The summed E-state index contributed by atoms with van der Waals surface area (Å²) in [7, 11) is 0. The zero-order valence-electron chi connectivity index (χ0n) is 17.1. The van der Waals surface area contributed by atoms with Crippen LogP contribution in [-0.4, -0.2) is 52.6 Å². The average molecular weight is 438 g/mol. The molecule has 2 aromatic carbocycles. The molecule has 4 rings (SSSR count). The number of carbonyl (C=O) groups excluding carboxylic acids is 1. The van der Waals surface area contributed by atoms with Crippen LogP contribution >= 0.6 is 0 Å². The molecule has 1 aromatic heterocycles. The van der Waals surface area contributed by atoms with Crippen molar-refractivity contribution in [2.75, 3.05) is 19.8 Å². The van der Waals surface area contributed by atoms with E-state index in [4.69, 9.17) is 19.3 Å². The number of para-hydroxylation sites is 1. The summed E-state index contributed by atoms with van der Waals surface area (Å²) in [5, 5.41) is 23.4. The molecule has 166 valence electrons. The molecule has 1 saturated heterocycles. The summed E-state index contributed by atoms with van der Waals surface area (Å²) >= 11 is 0. The highest BCUT2D eigenvalue weighted by atomic mass is 16.7. The van der Waals surface area contributed by atoms with Crippen molar-refractivity contribution in [3.63, 3.8) is 0 Å². The molecule has 0 saturated carbocycles. The van der Waals surface area contributed by atoms with Crippen molar-refractivity contribution in [2.24, 2.45) is 0 Å². The lowest BCUT2D eigenvalue weighted by Gasteiger charge is -2.35. The molecule has 0 bridgehead atoms. The van der Waals surface area contributed by atoms with Crippen LogP contribution in [0.25, 0.3) is 10.8 Å². The number of ether oxygens (including phenoxy) is 3. The number of aromatic nitrogens is 1. The Labute approximate surface area is 183 Å². The fourth-order valence-corrected chi connectivity index (χ4v) is 3.61. The molecule has 9 nitrogen and oxygen atoms in total. The van der Waals surface area contributed by atoms with Crippen molar-refractivity contribution in [1.82, 2.24) is 10.3 Å². The molecule has 32 heavy (non-hydrogen) atoms. The second-order valence-corrected chi connectivity index (χ2v) is 7.47. The first-order chi connectivity index (χ1) is 15.5. The number of fused-ring (bicyclic) bond motifs is 1. The zero-order valence-corrected chi connectivity index (χ0v) is 17.1. The van der Waals surface area contributed by atoms with Crippen molar-refractivity contribution in [3.05, 3.63) is 60.4 Å². The summed E-state index contributed by atoms with van der Waals surface area (Å²) in [6.45, 7) is 0.608. The van der Waals surface area contributed by atoms with Crippen LogP contribution < -0.4 is 10.1 Å². The van der Waals surface area contributed by atoms with Crippen LogP contribution in [-0.2, 0) is 9.47 Å². The quantitative estimate of drug-likeness (QED) is 0.497. The highest BCUT2D eigenvalue weighted by Gasteiger charge is 2.37. The summed E-state index contributed by atoms with van der Waals surface area (Å²) in [6, 6.07) is 14.3. The smallest absolute Gasteiger partial charge is 0.505 e. The van der Waals surface area contributed by atoms with E-state index >= 15 is 0 Å². The molecule has 0 spiro atoms. The van der Waals surface area contributed by atoms with E-state index in [0.717, 1.165) is 0 Å². The van der Waals surface area contributed by atoms with Crippen LogP contribution in [0.3, 0.4) is 0 Å². The van der Waals surface area contributed by atoms with E-state index < -0.39 is 17.7 Å². The van der Waals surface area contributed by atoms with E-state index in [1.807, 2.05) is 30.3 Å². The Hall–Kier alpha value is -3.85. The molecular formula is C23H22N2O7. The molecule has 1 aliphatic rings. The molecule has 0 atom stereocenters. The maximum Gasteiger partial charge on any atom is 0.506 e. The van der Waals surface area contributed by atoms with Gasteiger partial charge in [-0.1, -0.05) is 18.2 Å². The third kappa shape index (κ3) is 4.73. The molecule has 1 fully saturated rings. The fraction of sp³-hybridized carbons (Fsp3) is 0.261. The predicted molar refractivity (Wildman–Crippen MR) is 114 cm³/mol. The van der Waals surface area contributed by atoms with Crippen LogP contribution in [0.15, 0.2) is 54.7 Å². The van der Waals surface area contributed by atoms with Crippen molar-refractivity contribution in [2.45, 2.75) is 18.4 Å². The Kier molecular flexibility index (Phi) is 6.09. The third-order valence-corrected chi connectivity index (χ3v) is 5.31. The Morgan fingerprint density at radius 3 is 2.56 bits per heavy atom. The van der Waals surface area contributed by atoms with Gasteiger partial charge in [-0.2, -0.15) is 0 Å². The first-order valence-corrected chi connectivity index (χ1v) is 10.1. The highest BCUT2D eigenvalue weighted by Crippen LogP contribution is 2.32. The van der Waals surface area contributed by atoms with Gasteiger partial charge in [0.05, 0.1) is 19.8 Å². The maximum absolute atomic E-state index is 12.7. The van der Waals surface area contributed by atoms with Gasteiger partial charge in [0, 0.05) is 29.8 Å². The largest absolute Gasteiger partial charge is 0.506 e. The standard InChI is InChI=1S/C23H22N2O7/c26-20-18-7-6-17(31-16-4-2-1-3-5-16)12-15(18)13-24-19(20)21(27)25-14-23(32-22(28)29)8-10-30-11-9-23/h1-7,12-13,26H,8-11,14H2,(H,25,27)(H,28,29). The molecule has 2 heterocycles. The summed E-state index contributed by atoms with van der Waals surface area (Å²) in [5.41, 5.74) is -1.23. The number of rotatable bonds is 6. The van der Waals surface area contributed by atoms with Crippen LogP contribution in [0.4, 0.5) is 4.79 Å². The lowest BCUT2D eigenvalue weighted by molar-refractivity contribution is -0.0825. The van der Waals surface area contributed by atoms with E-state index in [2.05, 4.69) is 10.3 Å². The van der Waals surface area contributed by atoms with Crippen molar-refractivity contribution < 1.29 is 34.0 Å². The van der Waals surface area contributed by atoms with Gasteiger partial charge >= 0.3 is 6.16 Å². The van der Waals surface area contributed by atoms with Gasteiger partial charge in [0.25, 0.3) is 5.91 Å². The van der Waals surface area contributed by atoms with Crippen molar-refractivity contribution >= 4 is 22.8 Å². The van der Waals surface area contributed by atoms with E-state index in [-0.39, 0.29) is 18.0 Å². The van der Waals surface area contributed by atoms with Crippen LogP contribution in [0.2, 0.25) is 0 Å². The number of pyridine rings is 1. The molecule has 3 aromatic rings. The number of amides is 1. The third-order valence-electron chi connectivity index (χ3n) is 5.31. The summed E-state index contributed by atoms with van der Waals surface area (Å²) in [6.07, 6.45) is 0.697. The molecule has 1 aliphatic heterocycles. The second-order valence-electron chi connectivity index (χ2n) is 7.47. The normalized spacial score (nSPS) is 15.1. The first-order valence-electron chi connectivity index (χ1n) is 10.1. The van der Waals surface area contributed by atoms with Gasteiger partial charge in [-0.3, -0.25) is 4.79 Å². The molecule has 0 aliphatic carbocycles. The number of benzene rings is 2. The maximum atomic E-state index is 12.7. The van der Waals surface area contributed by atoms with E-state index in [9.17, 15) is 14.7 Å². The van der Waals surface area contributed by atoms with Gasteiger partial charge in [-0.05, 0) is 30.3 Å². The fourth-order valence-electron chi connectivity index (χ4n) is 3.61. The van der Waals surface area contributed by atoms with Crippen LogP contribution in [0, 0.1) is 0 Å². The van der Waals surface area contributed by atoms with Gasteiger partial charge in [0.2, 0.25) is 0 Å². The minimum absolute atomic E-state index is 0.0511. The SMILES string of the molecule is O=C(O)OC1(CNC(=O)c2ncc3cc(Oc4ccccc4)ccc3c2O)CCOCC1. The summed E-state index contributed by atoms with van der Waals surface area (Å²) in [4.78, 5) is 27.9. The first kappa shape index (κ1) is 21.4. The summed E-state index contributed by atoms with van der Waals surface area (Å²) < 4.78 is 16.1. The summed E-state index contributed by atoms with van der Waals surface area (Å²) in [5.74, 6) is 0.334. The number of hydrogen-bond acceptors (Lipinski definition) is 7. The Morgan fingerprint density at radius 2 is 1.84 bits per heavy atom. The predicted octanol–water partition coefficient (Wildman–Crippen LogP) is 3.71. The monoisotopic (exact) mass is 438 g/mol. The van der Waals surface area contributed by atoms with Gasteiger partial charge in [0.1, 0.15) is 17.1 Å². The molecule has 0 radical (unpaired) electrons. The van der Waals surface area contributed by atoms with E-state index in [0.29, 0.717) is 48.3 Å². The molecule has 9 heteroatoms. The minimum atomic E-state index is -1.42. The zero-order chi connectivity index (χ0) is 22.6. The Morgan fingerprint density at radius 1 is 1.09 bits per heavy atom. The van der Waals surface area contributed by atoms with Gasteiger partial charge < -0.3 is 29.7 Å². The van der Waals surface area contributed by atoms with Gasteiger partial charge in [0.15, 0.2) is 11.4 Å². The number of hydrogen-bond donors (Lipinski definition) is 3. The lowest BCUT2D eigenvalue weighted by Crippen LogP contribution is -2.49. The van der Waals surface area contributed by atoms with Crippen LogP contribution in [0.1, 0.15) is 23.3 Å². The van der Waals surface area contributed by atoms with E-state index in [1.165, 1.54) is 6.20 Å². The molecule has 3 N–H and O–H groups in total. The Bertz CT molecular complexity index is 1130. The number of carbonyl (C=O) groups is 2.